The van der Waals surface area contributed by atoms with Gasteiger partial charge < -0.3 is 25.7 Å². The van der Waals surface area contributed by atoms with Gasteiger partial charge in [0.25, 0.3) is 0 Å². The number of aryl methyl sites for hydroxylation is 1. The summed E-state index contributed by atoms with van der Waals surface area (Å²) in [5.74, 6) is -1.04. The van der Waals surface area contributed by atoms with Crippen LogP contribution in [0.3, 0.4) is 0 Å². The maximum atomic E-state index is 12.9. The number of rotatable bonds is 5. The summed E-state index contributed by atoms with van der Waals surface area (Å²) in [5, 5.41) is 10.6. The number of quaternary nitrogens is 1. The molecule has 0 aromatic carbocycles. The lowest BCUT2D eigenvalue weighted by molar-refractivity contribution is -0.305. The fourth-order valence-electron chi connectivity index (χ4n) is 2.64. The van der Waals surface area contributed by atoms with Crippen molar-refractivity contribution in [3.05, 3.63) is 23.4 Å². The molecule has 1 aliphatic heterocycles. The smallest absolute Gasteiger partial charge is 0.433 e. The number of carboxylic acids is 1. The van der Waals surface area contributed by atoms with Crippen molar-refractivity contribution in [1.29, 1.82) is 0 Å². The molecule has 0 spiro atoms. The molecule has 0 unspecified atom stereocenters. The van der Waals surface area contributed by atoms with Gasteiger partial charge in [0.1, 0.15) is 11.5 Å². The molecule has 24 heavy (non-hydrogen) atoms. The van der Waals surface area contributed by atoms with Crippen molar-refractivity contribution in [1.82, 2.24) is 11.1 Å². The van der Waals surface area contributed by atoms with Gasteiger partial charge in [-0.3, -0.25) is 0 Å². The van der Waals surface area contributed by atoms with Gasteiger partial charge in [-0.2, -0.15) is 13.2 Å². The highest BCUT2D eigenvalue weighted by Gasteiger charge is 2.34. The van der Waals surface area contributed by atoms with Crippen molar-refractivity contribution in [2.75, 3.05) is 25.1 Å². The van der Waals surface area contributed by atoms with Crippen LogP contribution in [0, 0.1) is 0 Å². The molecule has 1 aromatic heterocycles. The van der Waals surface area contributed by atoms with E-state index in [-0.39, 0.29) is 30.9 Å². The average molecular weight is 349 g/mol. The summed E-state index contributed by atoms with van der Waals surface area (Å²) in [6.45, 7) is 1.04. The van der Waals surface area contributed by atoms with Crippen LogP contribution in [0.2, 0.25) is 0 Å². The minimum absolute atomic E-state index is 0. The summed E-state index contributed by atoms with van der Waals surface area (Å²) in [5.41, 5.74) is -0.489. The first-order valence-electron chi connectivity index (χ1n) is 7.36. The highest BCUT2D eigenvalue weighted by molar-refractivity contribution is 5.65. The third kappa shape index (κ3) is 5.07. The summed E-state index contributed by atoms with van der Waals surface area (Å²) in [6.07, 6.45) is -3.24. The van der Waals surface area contributed by atoms with Gasteiger partial charge in [0, 0.05) is 26.2 Å². The first-order chi connectivity index (χ1) is 10.8. The lowest BCUT2D eigenvalue weighted by Crippen LogP contribution is -2.38. The highest BCUT2D eigenvalue weighted by Crippen LogP contribution is 2.32. The molecule has 6 nitrogen and oxygen atoms in total. The zero-order chi connectivity index (χ0) is 17.0. The molecule has 1 saturated heterocycles. The number of pyridine rings is 1. The van der Waals surface area contributed by atoms with Gasteiger partial charge in [-0.1, -0.05) is 6.07 Å². The molecule has 0 saturated carbocycles. The van der Waals surface area contributed by atoms with Crippen LogP contribution in [0.1, 0.15) is 30.5 Å². The van der Waals surface area contributed by atoms with Gasteiger partial charge in [0.15, 0.2) is 0 Å². The second-order valence-electron chi connectivity index (χ2n) is 5.47. The molecule has 0 aliphatic carbocycles. The van der Waals surface area contributed by atoms with E-state index in [1.165, 1.54) is 6.07 Å². The topological polar surface area (TPSA) is 102 Å². The summed E-state index contributed by atoms with van der Waals surface area (Å²) in [4.78, 5) is 16.1. The number of carbonyl (C=O) groups is 1. The molecular formula is C15H22F3N3O3. The van der Waals surface area contributed by atoms with Gasteiger partial charge in [0.2, 0.25) is 0 Å². The van der Waals surface area contributed by atoms with Crippen molar-refractivity contribution >= 4 is 11.8 Å². The van der Waals surface area contributed by atoms with Crippen LogP contribution in [0.4, 0.5) is 19.0 Å². The third-order valence-corrected chi connectivity index (χ3v) is 3.92. The molecule has 1 aromatic rings. The van der Waals surface area contributed by atoms with Crippen molar-refractivity contribution in [3.63, 3.8) is 0 Å². The van der Waals surface area contributed by atoms with Crippen LogP contribution in [0.5, 0.6) is 0 Å². The van der Waals surface area contributed by atoms with Crippen LogP contribution in [0.15, 0.2) is 12.1 Å². The Morgan fingerprint density at radius 1 is 1.38 bits per heavy atom. The standard InChI is InChI=1S/C15H19F3N2O3.H3N/c1-23-11-6-8-20(9-7-11)14-10(3-5-13(21)22)2-4-12(19-14)15(16,17)18;/h2,4,11H,3,5-9H2,1H3,(H,21,22);1H3. The minimum atomic E-state index is -4.54. The SMILES string of the molecule is COC1CCN(c2nc(C(F)(F)F)ccc2CCC(=O)[O-])CC1.[NH4+]. The molecule has 0 bridgehead atoms. The fraction of sp³-hybridized carbons (Fsp3) is 0.600. The Kier molecular flexibility index (Phi) is 6.97. The van der Waals surface area contributed by atoms with Crippen LogP contribution >= 0.6 is 0 Å². The number of methoxy groups -OCH3 is 1. The second-order valence-corrected chi connectivity index (χ2v) is 5.47. The van der Waals surface area contributed by atoms with Crippen molar-refractivity contribution in [3.8, 4) is 0 Å². The molecule has 1 fully saturated rings. The van der Waals surface area contributed by atoms with Crippen molar-refractivity contribution in [2.45, 2.75) is 38.0 Å². The van der Waals surface area contributed by atoms with Crippen LogP contribution in [-0.2, 0) is 22.1 Å². The van der Waals surface area contributed by atoms with Crippen LogP contribution in [-0.4, -0.2) is 37.3 Å². The van der Waals surface area contributed by atoms with E-state index >= 15 is 0 Å². The molecule has 2 rings (SSSR count). The summed E-state index contributed by atoms with van der Waals surface area (Å²) in [7, 11) is 1.61. The zero-order valence-electron chi connectivity index (χ0n) is 13.7. The Morgan fingerprint density at radius 3 is 2.50 bits per heavy atom. The number of piperidine rings is 1. The normalized spacial score (nSPS) is 15.9. The predicted octanol–water partition coefficient (Wildman–Crippen LogP) is 1.77. The quantitative estimate of drug-likeness (QED) is 0.873. The number of aliphatic carboxylic acids is 1. The number of hydrogen-bond donors (Lipinski definition) is 1. The number of carbonyl (C=O) groups excluding carboxylic acids is 1. The number of anilines is 1. The van der Waals surface area contributed by atoms with Crippen molar-refractivity contribution < 1.29 is 27.8 Å². The molecule has 136 valence electrons. The zero-order valence-corrected chi connectivity index (χ0v) is 13.7. The summed E-state index contributed by atoms with van der Waals surface area (Å²) < 4.78 is 43.9. The third-order valence-electron chi connectivity index (χ3n) is 3.92. The van der Waals surface area contributed by atoms with Gasteiger partial charge in [-0.25, -0.2) is 4.98 Å². The Labute approximate surface area is 138 Å². The van der Waals surface area contributed by atoms with Crippen LogP contribution in [0.25, 0.3) is 0 Å². The molecule has 9 heteroatoms. The number of aromatic nitrogens is 1. The van der Waals surface area contributed by atoms with E-state index in [1.807, 2.05) is 0 Å². The Bertz CT molecular complexity index is 559. The maximum absolute atomic E-state index is 12.9. The number of halogens is 3. The highest BCUT2D eigenvalue weighted by atomic mass is 19.4. The molecular weight excluding hydrogens is 327 g/mol. The Balaban J connectivity index is 0.00000288. The van der Waals surface area contributed by atoms with E-state index in [2.05, 4.69) is 4.98 Å². The van der Waals surface area contributed by atoms with E-state index in [1.54, 1.807) is 12.0 Å². The molecule has 2 heterocycles. The maximum Gasteiger partial charge on any atom is 0.433 e. The molecule has 4 N–H and O–H groups in total. The Morgan fingerprint density at radius 2 is 2.00 bits per heavy atom. The molecule has 0 atom stereocenters. The summed E-state index contributed by atoms with van der Waals surface area (Å²) >= 11 is 0. The van der Waals surface area contributed by atoms with Gasteiger partial charge in [-0.05, 0) is 37.3 Å². The van der Waals surface area contributed by atoms with E-state index < -0.39 is 17.8 Å². The first kappa shape index (κ1) is 20.2. The van der Waals surface area contributed by atoms with Gasteiger partial charge in [0.05, 0.1) is 6.10 Å². The number of carboxylic acid groups (broad SMARTS) is 1. The van der Waals surface area contributed by atoms with E-state index in [0.29, 0.717) is 31.5 Å². The van der Waals surface area contributed by atoms with Gasteiger partial charge >= 0.3 is 6.18 Å². The minimum Gasteiger partial charge on any atom is -0.550 e. The average Bonchev–Trinajstić information content (AvgIpc) is 2.52. The first-order valence-corrected chi connectivity index (χ1v) is 7.36. The van der Waals surface area contributed by atoms with E-state index in [4.69, 9.17) is 4.74 Å². The predicted molar refractivity (Wildman–Crippen MR) is 80.8 cm³/mol. The van der Waals surface area contributed by atoms with Crippen LogP contribution < -0.4 is 16.2 Å². The lowest BCUT2D eigenvalue weighted by Gasteiger charge is -2.33. The Hall–Kier alpha value is -1.87. The van der Waals surface area contributed by atoms with E-state index in [9.17, 15) is 23.1 Å². The van der Waals surface area contributed by atoms with Gasteiger partial charge in [-0.15, -0.1) is 0 Å². The largest absolute Gasteiger partial charge is 0.550 e. The number of alkyl halides is 3. The monoisotopic (exact) mass is 349 g/mol. The van der Waals surface area contributed by atoms with Crippen molar-refractivity contribution in [2.24, 2.45) is 0 Å². The fourth-order valence-corrected chi connectivity index (χ4v) is 2.64. The number of hydrogen-bond acceptors (Lipinski definition) is 5. The molecule has 0 radical (unpaired) electrons. The van der Waals surface area contributed by atoms with E-state index in [0.717, 1.165) is 6.07 Å². The number of ether oxygens (including phenoxy) is 1. The summed E-state index contributed by atoms with van der Waals surface area (Å²) in [6, 6.07) is 2.19. The molecule has 1 aliphatic rings. The lowest BCUT2D eigenvalue weighted by atomic mass is 10.0. The molecule has 0 amide bonds. The number of nitrogens with zero attached hydrogens (tertiary/aromatic N) is 2. The second kappa shape index (κ2) is 8.29.